The van der Waals surface area contributed by atoms with E-state index in [0.29, 0.717) is 22.6 Å². The molecule has 1 N–H and O–H groups in total. The number of hydrogen-bond donors (Lipinski definition) is 1. The summed E-state index contributed by atoms with van der Waals surface area (Å²) in [6.07, 6.45) is 1.50. The average Bonchev–Trinajstić information content (AvgIpc) is 3.12. The number of carbonyl (C=O) groups excluding carboxylic acids is 4. The van der Waals surface area contributed by atoms with Crippen molar-refractivity contribution in [3.05, 3.63) is 94.9 Å². The Labute approximate surface area is 205 Å². The van der Waals surface area contributed by atoms with Crippen LogP contribution in [0.2, 0.25) is 0 Å². The van der Waals surface area contributed by atoms with Crippen LogP contribution in [0.4, 0.5) is 10.5 Å². The molecule has 8 nitrogen and oxygen atoms in total. The highest BCUT2D eigenvalue weighted by molar-refractivity contribution is 8.18. The van der Waals surface area contributed by atoms with Crippen LogP contribution in [0.3, 0.4) is 0 Å². The van der Waals surface area contributed by atoms with Crippen LogP contribution in [0.1, 0.15) is 15.9 Å². The molecule has 1 fully saturated rings. The maximum Gasteiger partial charge on any atom is 0.343 e. The molecule has 3 aromatic rings. The molecule has 1 aliphatic rings. The number of nitrogens with one attached hydrogen (secondary N) is 1. The number of nitrogens with zero attached hydrogens (tertiary/aromatic N) is 1. The maximum atomic E-state index is 12.8. The Balaban J connectivity index is 1.49. The predicted molar refractivity (Wildman–Crippen MR) is 132 cm³/mol. The molecule has 0 radical (unpaired) electrons. The largest absolute Gasteiger partial charge is 0.493 e. The molecule has 9 heteroatoms. The Morgan fingerprint density at radius 2 is 1.63 bits per heavy atom. The van der Waals surface area contributed by atoms with Crippen molar-refractivity contribution in [1.29, 1.82) is 0 Å². The normalized spacial score (nSPS) is 14.2. The molecule has 0 spiro atoms. The van der Waals surface area contributed by atoms with Gasteiger partial charge in [0, 0.05) is 5.69 Å². The number of rotatable bonds is 7. The predicted octanol–water partition coefficient (Wildman–Crippen LogP) is 4.59. The first-order valence-electron chi connectivity index (χ1n) is 10.5. The first-order valence-corrected chi connectivity index (χ1v) is 11.3. The van der Waals surface area contributed by atoms with E-state index in [1.165, 1.54) is 19.3 Å². The molecule has 1 heterocycles. The first-order chi connectivity index (χ1) is 16.9. The highest BCUT2D eigenvalue weighted by Crippen LogP contribution is 2.34. The van der Waals surface area contributed by atoms with Gasteiger partial charge in [-0.2, -0.15) is 0 Å². The van der Waals surface area contributed by atoms with Gasteiger partial charge in [-0.25, -0.2) is 4.79 Å². The van der Waals surface area contributed by atoms with Crippen molar-refractivity contribution >= 4 is 46.5 Å². The second-order valence-corrected chi connectivity index (χ2v) is 8.34. The van der Waals surface area contributed by atoms with Gasteiger partial charge in [-0.1, -0.05) is 42.5 Å². The van der Waals surface area contributed by atoms with Crippen LogP contribution >= 0.6 is 11.8 Å². The van der Waals surface area contributed by atoms with E-state index in [9.17, 15) is 19.2 Å². The van der Waals surface area contributed by atoms with E-state index in [1.54, 1.807) is 66.7 Å². The van der Waals surface area contributed by atoms with E-state index >= 15 is 0 Å². The number of esters is 1. The number of methoxy groups -OCH3 is 1. The van der Waals surface area contributed by atoms with E-state index in [1.807, 2.05) is 6.07 Å². The van der Waals surface area contributed by atoms with Gasteiger partial charge in [0.05, 0.1) is 17.6 Å². The Morgan fingerprint density at radius 1 is 0.943 bits per heavy atom. The summed E-state index contributed by atoms with van der Waals surface area (Å²) in [5, 5.41) is 2.10. The molecule has 3 aromatic carbocycles. The molecule has 0 bridgehead atoms. The lowest BCUT2D eigenvalue weighted by Crippen LogP contribution is -2.36. The Kier molecular flexibility index (Phi) is 7.27. The lowest BCUT2D eigenvalue weighted by molar-refractivity contribution is -0.127. The number of para-hydroxylation sites is 1. The van der Waals surface area contributed by atoms with Gasteiger partial charge in [-0.15, -0.1) is 0 Å². The lowest BCUT2D eigenvalue weighted by Gasteiger charge is -2.12. The molecule has 35 heavy (non-hydrogen) atoms. The zero-order chi connectivity index (χ0) is 24.8. The number of hydrogen-bond acceptors (Lipinski definition) is 7. The van der Waals surface area contributed by atoms with E-state index in [0.717, 1.165) is 16.7 Å². The summed E-state index contributed by atoms with van der Waals surface area (Å²) in [6, 6.07) is 22.0. The molecule has 4 rings (SSSR count). The monoisotopic (exact) mass is 488 g/mol. The van der Waals surface area contributed by atoms with Gasteiger partial charge in [0.25, 0.3) is 11.1 Å². The highest BCUT2D eigenvalue weighted by Gasteiger charge is 2.36. The molecular weight excluding hydrogens is 468 g/mol. The lowest BCUT2D eigenvalue weighted by atomic mass is 10.1. The van der Waals surface area contributed by atoms with E-state index in [-0.39, 0.29) is 10.7 Å². The minimum atomic E-state index is -0.582. The zero-order valence-corrected chi connectivity index (χ0v) is 19.4. The smallest absolute Gasteiger partial charge is 0.343 e. The van der Waals surface area contributed by atoms with Gasteiger partial charge < -0.3 is 14.8 Å². The first kappa shape index (κ1) is 23.8. The van der Waals surface area contributed by atoms with Crippen molar-refractivity contribution < 1.29 is 28.7 Å². The number of thioether (sulfide) groups is 1. The van der Waals surface area contributed by atoms with Gasteiger partial charge in [0.15, 0.2) is 11.5 Å². The number of amides is 3. The third-order valence-corrected chi connectivity index (χ3v) is 5.84. The van der Waals surface area contributed by atoms with Crippen LogP contribution in [0.5, 0.6) is 11.5 Å². The fourth-order valence-electron chi connectivity index (χ4n) is 3.25. The van der Waals surface area contributed by atoms with Crippen LogP contribution in [-0.2, 0) is 9.59 Å². The second-order valence-electron chi connectivity index (χ2n) is 7.35. The minimum Gasteiger partial charge on any atom is -0.493 e. The molecule has 0 saturated carbocycles. The van der Waals surface area contributed by atoms with E-state index < -0.39 is 29.6 Å². The topological polar surface area (TPSA) is 102 Å². The van der Waals surface area contributed by atoms with Crippen molar-refractivity contribution in [2.75, 3.05) is 19.0 Å². The van der Waals surface area contributed by atoms with E-state index in [4.69, 9.17) is 9.47 Å². The number of benzene rings is 3. The highest BCUT2D eigenvalue weighted by atomic mass is 32.2. The van der Waals surface area contributed by atoms with Crippen molar-refractivity contribution in [1.82, 2.24) is 4.90 Å². The summed E-state index contributed by atoms with van der Waals surface area (Å²) in [4.78, 5) is 51.0. The van der Waals surface area contributed by atoms with Crippen LogP contribution in [0.15, 0.2) is 83.8 Å². The van der Waals surface area contributed by atoms with Gasteiger partial charge in [-0.05, 0) is 59.8 Å². The van der Waals surface area contributed by atoms with Crippen LogP contribution in [-0.4, -0.2) is 41.6 Å². The fourth-order valence-corrected chi connectivity index (χ4v) is 4.09. The van der Waals surface area contributed by atoms with Crippen molar-refractivity contribution in [2.24, 2.45) is 0 Å². The molecule has 0 aliphatic carbocycles. The van der Waals surface area contributed by atoms with Gasteiger partial charge in [0.1, 0.15) is 6.54 Å². The van der Waals surface area contributed by atoms with Gasteiger partial charge >= 0.3 is 5.97 Å². The van der Waals surface area contributed by atoms with Gasteiger partial charge in [-0.3, -0.25) is 19.3 Å². The molecule has 176 valence electrons. The second kappa shape index (κ2) is 10.7. The summed E-state index contributed by atoms with van der Waals surface area (Å²) in [6.45, 7) is -0.403. The fraction of sp³-hybridized carbons (Fsp3) is 0.0769. The van der Waals surface area contributed by atoms with Crippen LogP contribution < -0.4 is 14.8 Å². The number of imide groups is 1. The minimum absolute atomic E-state index is 0.146. The SMILES string of the molecule is COc1ccc(/C=C2\SC(=O)N(CC(=O)Nc3ccccc3)C2=O)cc1OC(=O)c1ccccc1. The summed E-state index contributed by atoms with van der Waals surface area (Å²) in [5.74, 6) is -1.14. The Bertz CT molecular complexity index is 1310. The molecule has 0 atom stereocenters. The maximum absolute atomic E-state index is 12.8. The third-order valence-electron chi connectivity index (χ3n) is 4.93. The molecule has 0 unspecified atom stereocenters. The van der Waals surface area contributed by atoms with Crippen molar-refractivity contribution in [2.45, 2.75) is 0 Å². The Hall–Kier alpha value is -4.37. The van der Waals surface area contributed by atoms with Crippen LogP contribution in [0.25, 0.3) is 6.08 Å². The zero-order valence-electron chi connectivity index (χ0n) is 18.6. The number of carbonyl (C=O) groups is 4. The molecule has 0 aromatic heterocycles. The summed E-state index contributed by atoms with van der Waals surface area (Å²) < 4.78 is 10.8. The van der Waals surface area contributed by atoms with Crippen molar-refractivity contribution in [3.8, 4) is 11.5 Å². The van der Waals surface area contributed by atoms with Gasteiger partial charge in [0.2, 0.25) is 5.91 Å². The quantitative estimate of drug-likeness (QED) is 0.295. The average molecular weight is 489 g/mol. The van der Waals surface area contributed by atoms with Crippen LogP contribution in [0, 0.1) is 0 Å². The molecule has 3 amide bonds. The summed E-state index contributed by atoms with van der Waals surface area (Å²) >= 11 is 0.731. The van der Waals surface area contributed by atoms with Crippen molar-refractivity contribution in [3.63, 3.8) is 0 Å². The summed E-state index contributed by atoms with van der Waals surface area (Å²) in [7, 11) is 1.45. The molecule has 1 aliphatic heterocycles. The number of anilines is 1. The Morgan fingerprint density at radius 3 is 2.31 bits per heavy atom. The molecule has 1 saturated heterocycles. The molecular formula is C26H20N2O6S. The third kappa shape index (κ3) is 5.77. The number of ether oxygens (including phenoxy) is 2. The summed E-state index contributed by atoms with van der Waals surface area (Å²) in [5.41, 5.74) is 1.45. The standard InChI is InChI=1S/C26H20N2O6S/c1-33-20-13-12-17(14-21(20)34-25(31)18-8-4-2-5-9-18)15-22-24(30)28(26(32)35-22)16-23(29)27-19-10-6-3-7-11-19/h2-15H,16H2,1H3,(H,27,29)/b22-15-. The van der Waals surface area contributed by atoms with E-state index in [2.05, 4.69) is 5.32 Å².